The van der Waals surface area contributed by atoms with E-state index in [1.807, 2.05) is 0 Å². The normalized spacial score (nSPS) is 12.9. The Morgan fingerprint density at radius 3 is 2.13 bits per heavy atom. The van der Waals surface area contributed by atoms with Crippen molar-refractivity contribution in [1.29, 1.82) is 0 Å². The smallest absolute Gasteiger partial charge is 0.283 e. The first kappa shape index (κ1) is 11.5. The van der Waals surface area contributed by atoms with E-state index in [4.69, 9.17) is 0 Å². The molecule has 0 bridgehead atoms. The highest BCUT2D eigenvalue weighted by molar-refractivity contribution is 5.98. The number of nitrogens with zero attached hydrogens (tertiary/aromatic N) is 4. The Balaban J connectivity index is 3.05. The molecule has 0 spiro atoms. The van der Waals surface area contributed by atoms with Gasteiger partial charge in [-0.2, -0.15) is 26.7 Å². The highest BCUT2D eigenvalue weighted by Crippen LogP contribution is 2.37. The fourth-order valence-electron chi connectivity index (χ4n) is 0.644. The molecule has 84 valence electrons. The predicted molar refractivity (Wildman–Crippen MR) is 34.1 cm³/mol. The average molecular weight is 230 g/mol. The highest BCUT2D eigenvalue weighted by atomic mass is 19.4. The number of hydrogen-bond donors (Lipinski definition) is 0. The van der Waals surface area contributed by atoms with Crippen LogP contribution >= 0.6 is 0 Å². The van der Waals surface area contributed by atoms with Crippen LogP contribution in [-0.2, 0) is 7.05 Å². The van der Waals surface area contributed by atoms with Gasteiger partial charge >= 0.3 is 12.1 Å². The minimum Gasteiger partial charge on any atom is -0.283 e. The molecule has 0 saturated carbocycles. The summed E-state index contributed by atoms with van der Waals surface area (Å²) < 4.78 is 60.0. The standard InChI is InChI=1S/C5H3F5N4O/c1-14-12-3(11-13-14)2(15)4(6,7)5(8,9)10/h1H3. The molecule has 0 aliphatic carbocycles. The van der Waals surface area contributed by atoms with Crippen LogP contribution in [-0.4, -0.2) is 38.1 Å². The van der Waals surface area contributed by atoms with Crippen molar-refractivity contribution in [3.8, 4) is 0 Å². The number of Topliss-reactive ketones (excluding diaryl/α,β-unsaturated/α-hetero) is 1. The number of aromatic nitrogens is 4. The average Bonchev–Trinajstić information content (AvgIpc) is 2.48. The van der Waals surface area contributed by atoms with Crippen LogP contribution in [0.1, 0.15) is 10.6 Å². The summed E-state index contributed by atoms with van der Waals surface area (Å²) in [6.45, 7) is 0. The summed E-state index contributed by atoms with van der Waals surface area (Å²) >= 11 is 0. The van der Waals surface area contributed by atoms with Crippen molar-refractivity contribution in [1.82, 2.24) is 20.2 Å². The van der Waals surface area contributed by atoms with E-state index >= 15 is 0 Å². The molecule has 0 saturated heterocycles. The molecule has 5 nitrogen and oxygen atoms in total. The Bertz CT molecular complexity index is 383. The van der Waals surface area contributed by atoms with Crippen LogP contribution in [0, 0.1) is 0 Å². The fraction of sp³-hybridized carbons (Fsp3) is 0.600. The van der Waals surface area contributed by atoms with E-state index in [-0.39, 0.29) is 0 Å². The summed E-state index contributed by atoms with van der Waals surface area (Å²) in [7, 11) is 1.12. The van der Waals surface area contributed by atoms with Gasteiger partial charge in [-0.25, -0.2) is 0 Å². The van der Waals surface area contributed by atoms with Crippen molar-refractivity contribution in [3.05, 3.63) is 5.82 Å². The Kier molecular flexibility index (Phi) is 2.45. The molecular formula is C5H3F5N4O. The minimum absolute atomic E-state index is 0.597. The number of hydrogen-bond acceptors (Lipinski definition) is 4. The summed E-state index contributed by atoms with van der Waals surface area (Å²) in [5.41, 5.74) is 0. The number of rotatable bonds is 2. The molecule has 0 amide bonds. The number of carbonyl (C=O) groups excluding carboxylic acids is 1. The van der Waals surface area contributed by atoms with Gasteiger partial charge in [0.1, 0.15) is 0 Å². The van der Waals surface area contributed by atoms with E-state index in [1.165, 1.54) is 0 Å². The van der Waals surface area contributed by atoms with Crippen molar-refractivity contribution in [2.24, 2.45) is 7.05 Å². The topological polar surface area (TPSA) is 60.7 Å². The zero-order valence-corrected chi connectivity index (χ0v) is 7.09. The Morgan fingerprint density at radius 1 is 1.27 bits per heavy atom. The number of halogens is 5. The Labute approximate surface area is 78.9 Å². The Morgan fingerprint density at radius 2 is 1.80 bits per heavy atom. The van der Waals surface area contributed by atoms with Gasteiger partial charge in [-0.3, -0.25) is 4.79 Å². The van der Waals surface area contributed by atoms with Crippen molar-refractivity contribution in [2.45, 2.75) is 12.1 Å². The number of tetrazole rings is 1. The van der Waals surface area contributed by atoms with Gasteiger partial charge in [-0.05, 0) is 5.21 Å². The van der Waals surface area contributed by atoms with Crippen LogP contribution < -0.4 is 0 Å². The first-order chi connectivity index (χ1) is 6.66. The maximum absolute atomic E-state index is 12.4. The van der Waals surface area contributed by atoms with Gasteiger partial charge < -0.3 is 0 Å². The molecule has 1 aromatic rings. The van der Waals surface area contributed by atoms with Crippen LogP contribution in [0.25, 0.3) is 0 Å². The zero-order valence-electron chi connectivity index (χ0n) is 7.09. The van der Waals surface area contributed by atoms with Gasteiger partial charge in [0.2, 0.25) is 5.82 Å². The molecule has 0 radical (unpaired) electrons. The maximum Gasteiger partial charge on any atom is 0.461 e. The molecular weight excluding hydrogens is 227 g/mol. The van der Waals surface area contributed by atoms with Gasteiger partial charge in [-0.1, -0.05) is 0 Å². The first-order valence-corrected chi connectivity index (χ1v) is 3.39. The van der Waals surface area contributed by atoms with Crippen molar-refractivity contribution < 1.29 is 26.7 Å². The lowest BCUT2D eigenvalue weighted by Gasteiger charge is -2.15. The van der Waals surface area contributed by atoms with Crippen molar-refractivity contribution >= 4 is 5.78 Å². The quantitative estimate of drug-likeness (QED) is 0.551. The van der Waals surface area contributed by atoms with Gasteiger partial charge in [0.15, 0.2) is 0 Å². The van der Waals surface area contributed by atoms with E-state index < -0.39 is 23.7 Å². The minimum atomic E-state index is -5.97. The molecule has 0 aliphatic rings. The number of ketones is 1. The third kappa shape index (κ3) is 1.92. The van der Waals surface area contributed by atoms with Crippen molar-refractivity contribution in [2.75, 3.05) is 0 Å². The van der Waals surface area contributed by atoms with Gasteiger partial charge in [-0.15, -0.1) is 10.2 Å². The van der Waals surface area contributed by atoms with E-state index in [0.717, 1.165) is 7.05 Å². The summed E-state index contributed by atoms with van der Waals surface area (Å²) in [5, 5.41) is 8.69. The second-order valence-corrected chi connectivity index (χ2v) is 2.50. The zero-order chi connectivity index (χ0) is 11.9. The van der Waals surface area contributed by atoms with Crippen LogP contribution in [0.4, 0.5) is 22.0 Å². The maximum atomic E-state index is 12.4. The lowest BCUT2D eigenvalue weighted by Crippen LogP contribution is -2.44. The first-order valence-electron chi connectivity index (χ1n) is 3.39. The van der Waals surface area contributed by atoms with Crippen LogP contribution in [0.5, 0.6) is 0 Å². The third-order valence-corrected chi connectivity index (χ3v) is 1.35. The largest absolute Gasteiger partial charge is 0.461 e. The molecule has 10 heteroatoms. The molecule has 1 aromatic heterocycles. The monoisotopic (exact) mass is 230 g/mol. The summed E-state index contributed by atoms with van der Waals surface area (Å²) in [5.74, 6) is -9.31. The van der Waals surface area contributed by atoms with E-state index in [1.54, 1.807) is 0 Å². The number of carbonyl (C=O) groups is 1. The lowest BCUT2D eigenvalue weighted by atomic mass is 10.2. The molecule has 1 rings (SSSR count). The Hall–Kier alpha value is -1.61. The summed E-state index contributed by atoms with van der Waals surface area (Å²) in [6, 6.07) is 0. The van der Waals surface area contributed by atoms with E-state index in [9.17, 15) is 26.7 Å². The van der Waals surface area contributed by atoms with Crippen LogP contribution in [0.15, 0.2) is 0 Å². The van der Waals surface area contributed by atoms with E-state index in [0.29, 0.717) is 4.80 Å². The molecule has 0 N–H and O–H groups in total. The highest BCUT2D eigenvalue weighted by Gasteiger charge is 2.64. The SMILES string of the molecule is Cn1nnc(C(=O)C(F)(F)C(F)(F)F)n1. The second-order valence-electron chi connectivity index (χ2n) is 2.50. The van der Waals surface area contributed by atoms with Gasteiger partial charge in [0, 0.05) is 0 Å². The predicted octanol–water partition coefficient (Wildman–Crippen LogP) is 0.590. The van der Waals surface area contributed by atoms with Crippen LogP contribution in [0.2, 0.25) is 0 Å². The molecule has 0 fully saturated rings. The molecule has 0 atom stereocenters. The lowest BCUT2D eigenvalue weighted by molar-refractivity contribution is -0.256. The molecule has 0 unspecified atom stereocenters. The van der Waals surface area contributed by atoms with Gasteiger partial charge in [0.05, 0.1) is 7.05 Å². The molecule has 0 aliphatic heterocycles. The fourth-order valence-corrected chi connectivity index (χ4v) is 0.644. The third-order valence-electron chi connectivity index (χ3n) is 1.35. The van der Waals surface area contributed by atoms with Gasteiger partial charge in [0.25, 0.3) is 5.78 Å². The molecule has 1 heterocycles. The molecule has 0 aromatic carbocycles. The second kappa shape index (κ2) is 3.21. The van der Waals surface area contributed by atoms with Crippen LogP contribution in [0.3, 0.4) is 0 Å². The summed E-state index contributed by atoms with van der Waals surface area (Å²) in [4.78, 5) is 11.3. The molecule has 15 heavy (non-hydrogen) atoms. The number of aryl methyl sites for hydroxylation is 1. The number of alkyl halides is 5. The summed E-state index contributed by atoms with van der Waals surface area (Å²) in [6.07, 6.45) is -5.97. The van der Waals surface area contributed by atoms with E-state index in [2.05, 4.69) is 15.4 Å². The van der Waals surface area contributed by atoms with Crippen molar-refractivity contribution in [3.63, 3.8) is 0 Å².